The van der Waals surface area contributed by atoms with Crippen LogP contribution in [0.15, 0.2) is 35.4 Å². The molecule has 3 aliphatic rings. The van der Waals surface area contributed by atoms with E-state index in [1.807, 2.05) is 0 Å². The first-order valence-electron chi connectivity index (χ1n) is 8.11. The Kier molecular flexibility index (Phi) is 2.82. The Hall–Kier alpha value is -1.50. The van der Waals surface area contributed by atoms with Crippen molar-refractivity contribution in [1.82, 2.24) is 0 Å². The van der Waals surface area contributed by atoms with Crippen LogP contribution in [-0.2, 0) is 6.42 Å². The van der Waals surface area contributed by atoms with Crippen molar-refractivity contribution < 1.29 is 4.74 Å². The van der Waals surface area contributed by atoms with Gasteiger partial charge in [0.2, 0.25) is 0 Å². The van der Waals surface area contributed by atoms with Crippen LogP contribution in [0.3, 0.4) is 0 Å². The van der Waals surface area contributed by atoms with Crippen molar-refractivity contribution in [2.24, 2.45) is 11.3 Å². The molecule has 0 amide bonds. The van der Waals surface area contributed by atoms with Gasteiger partial charge < -0.3 is 4.74 Å². The number of methoxy groups -OCH3 is 1. The normalized spacial score (nSPS) is 33.5. The van der Waals surface area contributed by atoms with E-state index in [-0.39, 0.29) is 5.41 Å². The van der Waals surface area contributed by atoms with Gasteiger partial charge in [-0.1, -0.05) is 24.6 Å². The largest absolute Gasteiger partial charge is 0.497 e. The lowest BCUT2D eigenvalue weighted by Gasteiger charge is -2.45. The molecule has 0 aliphatic heterocycles. The van der Waals surface area contributed by atoms with E-state index in [1.54, 1.807) is 18.2 Å². The number of fused-ring (bicyclic) bond motifs is 5. The molecule has 1 heteroatoms. The molecule has 0 unspecified atom stereocenters. The van der Waals surface area contributed by atoms with Gasteiger partial charge in [-0.15, -0.1) is 0 Å². The zero-order valence-corrected chi connectivity index (χ0v) is 13.2. The van der Waals surface area contributed by atoms with Crippen LogP contribution >= 0.6 is 0 Å². The summed E-state index contributed by atoms with van der Waals surface area (Å²) in [4.78, 5) is 0. The third-order valence-corrected chi connectivity index (χ3v) is 5.80. The van der Waals surface area contributed by atoms with Crippen LogP contribution in [0.1, 0.15) is 50.2 Å². The van der Waals surface area contributed by atoms with E-state index in [4.69, 9.17) is 4.74 Å². The van der Waals surface area contributed by atoms with Gasteiger partial charge in [0.1, 0.15) is 5.75 Å². The number of ether oxygens (including phenoxy) is 1. The number of benzene rings is 1. The number of aryl methyl sites for hydroxylation is 1. The highest BCUT2D eigenvalue weighted by Gasteiger charge is 2.45. The summed E-state index contributed by atoms with van der Waals surface area (Å²) < 4.78 is 5.39. The first-order chi connectivity index (χ1) is 10.1. The lowest BCUT2D eigenvalue weighted by molar-refractivity contribution is 0.254. The highest BCUT2D eigenvalue weighted by atomic mass is 16.5. The quantitative estimate of drug-likeness (QED) is 0.715. The summed E-state index contributed by atoms with van der Waals surface area (Å²) in [7, 11) is 1.76. The van der Waals surface area contributed by atoms with Crippen LogP contribution in [-0.4, -0.2) is 7.11 Å². The second-order valence-electron chi connectivity index (χ2n) is 7.09. The molecule has 1 nitrogen and oxygen atoms in total. The molecular weight excluding hydrogens is 256 g/mol. The standard InChI is InChI=1S/C20H23O/c1-13-10-19-18-6-4-14-11-15(21-3)5-7-16(14)17(18)8-9-20(19,2)12-13/h5,7,10-11,17-18H,4,6,8-9H2,1-3H3/t17-,18-,20-/m1/s1. The Labute approximate surface area is 127 Å². The fourth-order valence-electron chi connectivity index (χ4n) is 4.85. The predicted octanol–water partition coefficient (Wildman–Crippen LogP) is 4.83. The van der Waals surface area contributed by atoms with Gasteiger partial charge >= 0.3 is 0 Å². The van der Waals surface area contributed by atoms with E-state index in [2.05, 4.69) is 44.2 Å². The van der Waals surface area contributed by atoms with Crippen molar-refractivity contribution >= 4 is 0 Å². The van der Waals surface area contributed by atoms with Crippen LogP contribution in [0, 0.1) is 17.4 Å². The van der Waals surface area contributed by atoms with Crippen molar-refractivity contribution in [3.63, 3.8) is 0 Å². The highest BCUT2D eigenvalue weighted by Crippen LogP contribution is 2.57. The van der Waals surface area contributed by atoms with Gasteiger partial charge in [0, 0.05) is 5.41 Å². The third-order valence-electron chi connectivity index (χ3n) is 5.80. The second kappa shape index (κ2) is 4.50. The lowest BCUT2D eigenvalue weighted by Crippen LogP contribution is -2.34. The lowest BCUT2D eigenvalue weighted by atomic mass is 9.59. The molecule has 0 heterocycles. The minimum atomic E-state index is 0.217. The van der Waals surface area contributed by atoms with E-state index in [9.17, 15) is 0 Å². The van der Waals surface area contributed by atoms with Crippen molar-refractivity contribution in [3.8, 4) is 5.75 Å². The fraction of sp³-hybridized carbons (Fsp3) is 0.500. The zero-order chi connectivity index (χ0) is 14.6. The fourth-order valence-corrected chi connectivity index (χ4v) is 4.85. The first kappa shape index (κ1) is 13.2. The molecule has 0 saturated heterocycles. The van der Waals surface area contributed by atoms with Gasteiger partial charge in [0.25, 0.3) is 0 Å². The second-order valence-corrected chi connectivity index (χ2v) is 7.09. The molecule has 0 N–H and O–H groups in total. The van der Waals surface area contributed by atoms with Crippen LogP contribution in [0.5, 0.6) is 5.75 Å². The highest BCUT2D eigenvalue weighted by molar-refractivity contribution is 5.46. The van der Waals surface area contributed by atoms with E-state index >= 15 is 0 Å². The van der Waals surface area contributed by atoms with E-state index < -0.39 is 0 Å². The number of hydrogen-bond donors (Lipinski definition) is 0. The molecule has 1 aromatic rings. The van der Waals surface area contributed by atoms with Gasteiger partial charge in [0.05, 0.1) is 7.11 Å². The Morgan fingerprint density at radius 1 is 1.24 bits per heavy atom. The summed E-state index contributed by atoms with van der Waals surface area (Å²) in [6.07, 6.45) is 11.1. The van der Waals surface area contributed by atoms with Gasteiger partial charge in [-0.3, -0.25) is 0 Å². The minimum Gasteiger partial charge on any atom is -0.497 e. The maximum atomic E-state index is 5.39. The molecular formula is C20H23O. The van der Waals surface area contributed by atoms with Gasteiger partial charge in [-0.25, -0.2) is 0 Å². The maximum absolute atomic E-state index is 5.39. The number of rotatable bonds is 1. The monoisotopic (exact) mass is 279 g/mol. The Morgan fingerprint density at radius 2 is 2.10 bits per heavy atom. The molecule has 21 heavy (non-hydrogen) atoms. The Balaban J connectivity index is 1.74. The molecule has 1 radical (unpaired) electrons. The summed E-state index contributed by atoms with van der Waals surface area (Å²) >= 11 is 0. The molecule has 4 rings (SSSR count). The van der Waals surface area contributed by atoms with Crippen molar-refractivity contribution in [1.29, 1.82) is 0 Å². The predicted molar refractivity (Wildman–Crippen MR) is 85.4 cm³/mol. The Bertz CT molecular complexity index is 652. The van der Waals surface area contributed by atoms with Crippen LogP contribution in [0.4, 0.5) is 0 Å². The van der Waals surface area contributed by atoms with Gasteiger partial charge in [0.15, 0.2) is 0 Å². The van der Waals surface area contributed by atoms with Crippen LogP contribution in [0.2, 0.25) is 0 Å². The van der Waals surface area contributed by atoms with E-state index in [0.717, 1.165) is 11.7 Å². The maximum Gasteiger partial charge on any atom is 0.119 e. The SMILES string of the molecule is COc1ccc2c(c1)CC[C@H]1C3=CC(C)=[C][C@@]3(C)CC[C@H]21. The third kappa shape index (κ3) is 1.90. The molecule has 3 atom stereocenters. The molecule has 1 fully saturated rings. The molecule has 0 spiro atoms. The summed E-state index contributed by atoms with van der Waals surface area (Å²) in [6, 6.07) is 6.69. The molecule has 1 aromatic carbocycles. The van der Waals surface area contributed by atoms with E-state index in [0.29, 0.717) is 5.92 Å². The van der Waals surface area contributed by atoms with Crippen molar-refractivity contribution in [2.75, 3.05) is 7.11 Å². The average molecular weight is 279 g/mol. The van der Waals surface area contributed by atoms with Crippen LogP contribution < -0.4 is 4.74 Å². The first-order valence-corrected chi connectivity index (χ1v) is 8.11. The molecule has 0 bridgehead atoms. The molecule has 109 valence electrons. The number of hydrogen-bond acceptors (Lipinski definition) is 1. The summed E-state index contributed by atoms with van der Waals surface area (Å²) in [5.74, 6) is 2.42. The van der Waals surface area contributed by atoms with E-state index in [1.165, 1.54) is 36.8 Å². The van der Waals surface area contributed by atoms with Crippen LogP contribution in [0.25, 0.3) is 0 Å². The number of allylic oxidation sites excluding steroid dienone is 4. The summed E-state index contributed by atoms with van der Waals surface area (Å²) in [5.41, 5.74) is 6.28. The summed E-state index contributed by atoms with van der Waals surface area (Å²) in [6.45, 7) is 4.59. The van der Waals surface area contributed by atoms with Crippen molar-refractivity contribution in [2.45, 2.75) is 45.4 Å². The molecule has 3 aliphatic carbocycles. The average Bonchev–Trinajstić information content (AvgIpc) is 2.80. The zero-order valence-electron chi connectivity index (χ0n) is 13.2. The summed E-state index contributed by atoms with van der Waals surface area (Å²) in [5, 5.41) is 0. The van der Waals surface area contributed by atoms with Crippen molar-refractivity contribution in [3.05, 3.63) is 52.6 Å². The minimum absolute atomic E-state index is 0.217. The molecule has 1 saturated carbocycles. The molecule has 0 aromatic heterocycles. The topological polar surface area (TPSA) is 9.23 Å². The van der Waals surface area contributed by atoms with Gasteiger partial charge in [-0.2, -0.15) is 0 Å². The smallest absolute Gasteiger partial charge is 0.119 e. The Morgan fingerprint density at radius 3 is 2.90 bits per heavy atom. The van der Waals surface area contributed by atoms with Gasteiger partial charge in [-0.05, 0) is 79.4 Å².